The summed E-state index contributed by atoms with van der Waals surface area (Å²) in [4.78, 5) is 15.7. The largest absolute Gasteiger partial charge is 0.380 e. The third-order valence-corrected chi connectivity index (χ3v) is 2.66. The zero-order valence-electron chi connectivity index (χ0n) is 9.69. The minimum Gasteiger partial charge on any atom is -0.380 e. The van der Waals surface area contributed by atoms with Crippen LogP contribution in [0.4, 0.5) is 0 Å². The van der Waals surface area contributed by atoms with Gasteiger partial charge in [0.1, 0.15) is 5.69 Å². The number of carbonyl (C=O) groups is 1. The quantitative estimate of drug-likeness (QED) is 0.777. The first-order valence-electron chi connectivity index (χ1n) is 5.84. The first-order valence-corrected chi connectivity index (χ1v) is 5.84. The van der Waals surface area contributed by atoms with Gasteiger partial charge in [-0.1, -0.05) is 6.07 Å². The molecule has 92 valence electrons. The maximum absolute atomic E-state index is 11.7. The van der Waals surface area contributed by atoms with Crippen molar-refractivity contribution >= 4 is 5.91 Å². The summed E-state index contributed by atoms with van der Waals surface area (Å²) in [7, 11) is 0. The molecular weight excluding hydrogens is 218 g/mol. The van der Waals surface area contributed by atoms with E-state index in [0.717, 1.165) is 19.7 Å². The van der Waals surface area contributed by atoms with Crippen molar-refractivity contribution in [1.29, 1.82) is 0 Å². The van der Waals surface area contributed by atoms with Gasteiger partial charge in [0.2, 0.25) is 0 Å². The molecule has 0 aliphatic carbocycles. The molecule has 1 fully saturated rings. The van der Waals surface area contributed by atoms with Crippen molar-refractivity contribution in [3.8, 4) is 0 Å². The third kappa shape index (κ3) is 3.80. The number of hydrogen-bond donors (Lipinski definition) is 2. The second-order valence-electron chi connectivity index (χ2n) is 4.07. The van der Waals surface area contributed by atoms with E-state index in [9.17, 15) is 4.79 Å². The van der Waals surface area contributed by atoms with Gasteiger partial charge in [-0.25, -0.2) is 0 Å². The molecule has 1 atom stereocenters. The topological polar surface area (TPSA) is 63.2 Å². The van der Waals surface area contributed by atoms with Crippen LogP contribution in [0.2, 0.25) is 0 Å². The minimum absolute atomic E-state index is 0.130. The number of hydrogen-bond acceptors (Lipinski definition) is 4. The lowest BCUT2D eigenvalue weighted by atomic mass is 10.1. The van der Waals surface area contributed by atoms with Crippen molar-refractivity contribution in [3.63, 3.8) is 0 Å². The van der Waals surface area contributed by atoms with E-state index in [-0.39, 0.29) is 5.91 Å². The molecule has 1 aliphatic rings. The number of amides is 1. The van der Waals surface area contributed by atoms with Gasteiger partial charge in [-0.2, -0.15) is 0 Å². The Labute approximate surface area is 101 Å². The highest BCUT2D eigenvalue weighted by molar-refractivity contribution is 5.92. The Balaban J connectivity index is 1.79. The van der Waals surface area contributed by atoms with Crippen molar-refractivity contribution in [1.82, 2.24) is 15.6 Å². The summed E-state index contributed by atoms with van der Waals surface area (Å²) in [6.45, 7) is 3.80. The molecule has 5 heteroatoms. The van der Waals surface area contributed by atoms with E-state index in [4.69, 9.17) is 4.74 Å². The molecule has 1 aliphatic heterocycles. The van der Waals surface area contributed by atoms with Crippen LogP contribution in [0.15, 0.2) is 24.4 Å². The van der Waals surface area contributed by atoms with E-state index in [1.54, 1.807) is 24.4 Å². The number of rotatable bonds is 3. The van der Waals surface area contributed by atoms with Crippen LogP contribution in [0.5, 0.6) is 0 Å². The van der Waals surface area contributed by atoms with Crippen molar-refractivity contribution in [3.05, 3.63) is 30.1 Å². The summed E-state index contributed by atoms with van der Waals surface area (Å²) in [5.41, 5.74) is 0.454. The van der Waals surface area contributed by atoms with Crippen LogP contribution < -0.4 is 10.6 Å². The lowest BCUT2D eigenvalue weighted by Crippen LogP contribution is -2.35. The molecule has 0 bridgehead atoms. The minimum atomic E-state index is -0.130. The molecule has 1 unspecified atom stereocenters. The van der Waals surface area contributed by atoms with E-state index in [0.29, 0.717) is 24.8 Å². The molecule has 0 spiro atoms. The summed E-state index contributed by atoms with van der Waals surface area (Å²) in [6.07, 6.45) is 1.62. The average molecular weight is 235 g/mol. The molecule has 1 amide bonds. The Morgan fingerprint density at radius 2 is 2.53 bits per heavy atom. The number of pyridine rings is 1. The van der Waals surface area contributed by atoms with Crippen molar-refractivity contribution < 1.29 is 9.53 Å². The first kappa shape index (κ1) is 12.0. The Bertz CT molecular complexity index is 348. The molecule has 17 heavy (non-hydrogen) atoms. The van der Waals surface area contributed by atoms with E-state index in [1.807, 2.05) is 0 Å². The summed E-state index contributed by atoms with van der Waals surface area (Å²) >= 11 is 0. The number of ether oxygens (including phenoxy) is 1. The molecule has 1 aromatic heterocycles. The summed E-state index contributed by atoms with van der Waals surface area (Å²) in [5.74, 6) is 0.194. The molecule has 2 N–H and O–H groups in total. The number of aromatic nitrogens is 1. The summed E-state index contributed by atoms with van der Waals surface area (Å²) in [5, 5.41) is 6.14. The fourth-order valence-electron chi connectivity index (χ4n) is 1.72. The van der Waals surface area contributed by atoms with Crippen LogP contribution in [0.25, 0.3) is 0 Å². The maximum Gasteiger partial charge on any atom is 0.269 e. The average Bonchev–Trinajstić information content (AvgIpc) is 2.65. The van der Waals surface area contributed by atoms with E-state index in [2.05, 4.69) is 15.6 Å². The molecule has 0 saturated carbocycles. The Morgan fingerprint density at radius 1 is 1.59 bits per heavy atom. The Kier molecular flexibility index (Phi) is 4.46. The summed E-state index contributed by atoms with van der Waals surface area (Å²) < 4.78 is 5.42. The highest BCUT2D eigenvalue weighted by Gasteiger charge is 2.14. The lowest BCUT2D eigenvalue weighted by molar-refractivity contribution is 0.0917. The van der Waals surface area contributed by atoms with Crippen LogP contribution in [-0.2, 0) is 4.74 Å². The molecule has 2 heterocycles. The van der Waals surface area contributed by atoms with Crippen molar-refractivity contribution in [2.24, 2.45) is 5.92 Å². The molecule has 5 nitrogen and oxygen atoms in total. The van der Waals surface area contributed by atoms with E-state index in [1.165, 1.54) is 0 Å². The second-order valence-corrected chi connectivity index (χ2v) is 4.07. The predicted octanol–water partition coefficient (Wildman–Crippen LogP) is 0.0474. The van der Waals surface area contributed by atoms with Crippen LogP contribution in [0.3, 0.4) is 0 Å². The van der Waals surface area contributed by atoms with Crippen LogP contribution in [0, 0.1) is 5.92 Å². The van der Waals surface area contributed by atoms with Gasteiger partial charge in [-0.3, -0.25) is 9.78 Å². The fourth-order valence-corrected chi connectivity index (χ4v) is 1.72. The smallest absolute Gasteiger partial charge is 0.269 e. The van der Waals surface area contributed by atoms with Gasteiger partial charge in [0.15, 0.2) is 0 Å². The molecular formula is C12H17N3O2. The predicted molar refractivity (Wildman–Crippen MR) is 63.7 cm³/mol. The molecule has 1 saturated heterocycles. The SMILES string of the molecule is O=C(NCC1CNCCOC1)c1ccccn1. The standard InChI is InChI=1S/C12H17N3O2/c16-12(11-3-1-2-4-14-11)15-8-10-7-13-5-6-17-9-10/h1-4,10,13H,5-9H2,(H,15,16). The van der Waals surface area contributed by atoms with Crippen LogP contribution in [0.1, 0.15) is 10.5 Å². The normalized spacial score (nSPS) is 20.6. The van der Waals surface area contributed by atoms with Gasteiger partial charge in [-0.05, 0) is 12.1 Å². The van der Waals surface area contributed by atoms with Crippen LogP contribution in [-0.4, -0.2) is 43.7 Å². The molecule has 0 aromatic carbocycles. The third-order valence-electron chi connectivity index (χ3n) is 2.66. The Hall–Kier alpha value is -1.46. The molecule has 1 aromatic rings. The number of nitrogens with zero attached hydrogens (tertiary/aromatic N) is 1. The van der Waals surface area contributed by atoms with E-state index < -0.39 is 0 Å². The lowest BCUT2D eigenvalue weighted by Gasteiger charge is -2.14. The van der Waals surface area contributed by atoms with Crippen molar-refractivity contribution in [2.75, 3.05) is 32.8 Å². The van der Waals surface area contributed by atoms with E-state index >= 15 is 0 Å². The number of carbonyl (C=O) groups excluding carboxylic acids is 1. The van der Waals surface area contributed by atoms with Gasteiger partial charge in [0.25, 0.3) is 5.91 Å². The van der Waals surface area contributed by atoms with Gasteiger partial charge in [0, 0.05) is 31.7 Å². The van der Waals surface area contributed by atoms with Gasteiger partial charge >= 0.3 is 0 Å². The first-order chi connectivity index (χ1) is 8.36. The highest BCUT2D eigenvalue weighted by Crippen LogP contribution is 1.99. The number of nitrogens with one attached hydrogen (secondary N) is 2. The second kappa shape index (κ2) is 6.32. The zero-order valence-corrected chi connectivity index (χ0v) is 9.69. The fraction of sp³-hybridized carbons (Fsp3) is 0.500. The van der Waals surface area contributed by atoms with Gasteiger partial charge in [0.05, 0.1) is 13.2 Å². The highest BCUT2D eigenvalue weighted by atomic mass is 16.5. The maximum atomic E-state index is 11.7. The van der Waals surface area contributed by atoms with Crippen LogP contribution >= 0.6 is 0 Å². The van der Waals surface area contributed by atoms with Crippen molar-refractivity contribution in [2.45, 2.75) is 0 Å². The molecule has 2 rings (SSSR count). The summed E-state index contributed by atoms with van der Waals surface area (Å²) in [6, 6.07) is 5.30. The Morgan fingerprint density at radius 3 is 3.35 bits per heavy atom. The molecule has 0 radical (unpaired) electrons. The monoisotopic (exact) mass is 235 g/mol. The van der Waals surface area contributed by atoms with Gasteiger partial charge < -0.3 is 15.4 Å². The zero-order chi connectivity index (χ0) is 11.9. The van der Waals surface area contributed by atoms with Gasteiger partial charge in [-0.15, -0.1) is 0 Å².